The van der Waals surface area contributed by atoms with E-state index in [1.54, 1.807) is 6.92 Å². The molecule has 0 radical (unpaired) electrons. The number of hydrogen-bond donors (Lipinski definition) is 2. The minimum absolute atomic E-state index is 0.0837. The van der Waals surface area contributed by atoms with Gasteiger partial charge in [0.25, 0.3) is 0 Å². The van der Waals surface area contributed by atoms with Gasteiger partial charge in [0.05, 0.1) is 5.92 Å². The molecule has 0 heterocycles. The van der Waals surface area contributed by atoms with Crippen molar-refractivity contribution in [1.29, 1.82) is 0 Å². The Hall–Kier alpha value is -1.51. The van der Waals surface area contributed by atoms with Crippen molar-refractivity contribution in [2.45, 2.75) is 33.7 Å². The number of carboxylic acids is 1. The van der Waals surface area contributed by atoms with Crippen LogP contribution < -0.4 is 5.32 Å². The molecule has 0 aliphatic carbocycles. The minimum Gasteiger partial charge on any atom is -0.481 e. The third-order valence-corrected chi connectivity index (χ3v) is 3.04. The van der Waals surface area contributed by atoms with Gasteiger partial charge in [-0.2, -0.15) is 0 Å². The first kappa shape index (κ1) is 12.6. The third kappa shape index (κ3) is 2.99. The molecule has 0 fully saturated rings. The molecule has 3 nitrogen and oxygen atoms in total. The summed E-state index contributed by atoms with van der Waals surface area (Å²) in [7, 11) is 0. The van der Waals surface area contributed by atoms with Gasteiger partial charge in [-0.05, 0) is 51.0 Å². The molecule has 0 amide bonds. The highest BCUT2D eigenvalue weighted by atomic mass is 16.4. The summed E-state index contributed by atoms with van der Waals surface area (Å²) in [5.74, 6) is -1.18. The van der Waals surface area contributed by atoms with Crippen LogP contribution in [0.25, 0.3) is 0 Å². The highest BCUT2D eigenvalue weighted by Crippen LogP contribution is 2.17. The molecule has 0 aromatic heterocycles. The van der Waals surface area contributed by atoms with Crippen molar-refractivity contribution in [1.82, 2.24) is 0 Å². The molecule has 2 atom stereocenters. The molecule has 1 aromatic carbocycles. The van der Waals surface area contributed by atoms with Crippen molar-refractivity contribution in [3.8, 4) is 0 Å². The van der Waals surface area contributed by atoms with Crippen LogP contribution in [0.15, 0.2) is 18.2 Å². The van der Waals surface area contributed by atoms with Gasteiger partial charge in [0.2, 0.25) is 0 Å². The van der Waals surface area contributed by atoms with Crippen LogP contribution in [0.2, 0.25) is 0 Å². The Morgan fingerprint density at radius 3 is 2.38 bits per heavy atom. The van der Waals surface area contributed by atoms with Gasteiger partial charge in [0.15, 0.2) is 0 Å². The fourth-order valence-electron chi connectivity index (χ4n) is 1.43. The summed E-state index contributed by atoms with van der Waals surface area (Å²) in [5, 5.41) is 12.1. The lowest BCUT2D eigenvalue weighted by Gasteiger charge is -2.19. The predicted octanol–water partition coefficient (Wildman–Crippen LogP) is 2.82. The first-order valence-corrected chi connectivity index (χ1v) is 5.48. The number of aliphatic carboxylic acids is 1. The second-order valence-corrected chi connectivity index (χ2v) is 4.36. The Bertz CT molecular complexity index is 388. The number of nitrogens with one attached hydrogen (secondary N) is 1. The van der Waals surface area contributed by atoms with Crippen molar-refractivity contribution in [3.63, 3.8) is 0 Å². The lowest BCUT2D eigenvalue weighted by Crippen LogP contribution is -2.29. The van der Waals surface area contributed by atoms with E-state index in [9.17, 15) is 4.79 Å². The van der Waals surface area contributed by atoms with Gasteiger partial charge in [0, 0.05) is 11.7 Å². The molecule has 2 N–H and O–H groups in total. The number of carboxylic acid groups (broad SMARTS) is 1. The molecule has 0 saturated carbocycles. The standard InChI is InChI=1S/C13H19NO2/c1-8-5-6-12(7-9(8)2)14-11(4)10(3)13(15)16/h5-7,10-11,14H,1-4H3,(H,15,16). The summed E-state index contributed by atoms with van der Waals surface area (Å²) < 4.78 is 0. The Morgan fingerprint density at radius 1 is 1.25 bits per heavy atom. The normalized spacial score (nSPS) is 14.2. The molecule has 0 bridgehead atoms. The van der Waals surface area contributed by atoms with Crippen LogP contribution in [-0.2, 0) is 4.79 Å². The van der Waals surface area contributed by atoms with Crippen molar-refractivity contribution in [3.05, 3.63) is 29.3 Å². The average Bonchev–Trinajstić information content (AvgIpc) is 2.22. The topological polar surface area (TPSA) is 49.3 Å². The van der Waals surface area contributed by atoms with E-state index in [1.165, 1.54) is 11.1 Å². The monoisotopic (exact) mass is 221 g/mol. The zero-order valence-electron chi connectivity index (χ0n) is 10.2. The molecule has 0 saturated heterocycles. The molecule has 1 aromatic rings. The van der Waals surface area contributed by atoms with Gasteiger partial charge >= 0.3 is 5.97 Å². The largest absolute Gasteiger partial charge is 0.481 e. The smallest absolute Gasteiger partial charge is 0.308 e. The van der Waals surface area contributed by atoms with E-state index in [1.807, 2.05) is 32.0 Å². The van der Waals surface area contributed by atoms with Crippen molar-refractivity contribution in [2.75, 3.05) is 5.32 Å². The molecule has 0 aliphatic heterocycles. The van der Waals surface area contributed by atoms with E-state index in [0.717, 1.165) is 5.69 Å². The first-order valence-electron chi connectivity index (χ1n) is 5.48. The van der Waals surface area contributed by atoms with E-state index in [2.05, 4.69) is 12.2 Å². The summed E-state index contributed by atoms with van der Waals surface area (Å²) in [6.45, 7) is 7.70. The molecule has 2 unspecified atom stereocenters. The van der Waals surface area contributed by atoms with Gasteiger partial charge in [-0.3, -0.25) is 4.79 Å². The van der Waals surface area contributed by atoms with E-state index >= 15 is 0 Å². The summed E-state index contributed by atoms with van der Waals surface area (Å²) in [5.41, 5.74) is 3.42. The van der Waals surface area contributed by atoms with E-state index in [0.29, 0.717) is 0 Å². The van der Waals surface area contributed by atoms with E-state index < -0.39 is 11.9 Å². The fraction of sp³-hybridized carbons (Fsp3) is 0.462. The molecule has 88 valence electrons. The first-order chi connectivity index (χ1) is 7.41. The maximum atomic E-state index is 10.8. The highest BCUT2D eigenvalue weighted by molar-refractivity contribution is 5.71. The molecule has 16 heavy (non-hydrogen) atoms. The Morgan fingerprint density at radius 2 is 1.88 bits per heavy atom. The summed E-state index contributed by atoms with van der Waals surface area (Å²) in [4.78, 5) is 10.8. The molecular formula is C13H19NO2. The van der Waals surface area contributed by atoms with Gasteiger partial charge in [-0.15, -0.1) is 0 Å². The van der Waals surface area contributed by atoms with Crippen LogP contribution in [0, 0.1) is 19.8 Å². The number of carbonyl (C=O) groups is 1. The predicted molar refractivity (Wildman–Crippen MR) is 65.8 cm³/mol. The lowest BCUT2D eigenvalue weighted by atomic mass is 10.0. The van der Waals surface area contributed by atoms with Gasteiger partial charge < -0.3 is 10.4 Å². The highest BCUT2D eigenvalue weighted by Gasteiger charge is 2.18. The minimum atomic E-state index is -0.774. The molecule has 0 aliphatic rings. The van der Waals surface area contributed by atoms with Crippen molar-refractivity contribution < 1.29 is 9.90 Å². The number of hydrogen-bond acceptors (Lipinski definition) is 2. The second kappa shape index (κ2) is 5.01. The maximum Gasteiger partial charge on any atom is 0.308 e. The van der Waals surface area contributed by atoms with Crippen LogP contribution in [0.4, 0.5) is 5.69 Å². The zero-order valence-corrected chi connectivity index (χ0v) is 10.2. The maximum absolute atomic E-state index is 10.8. The Kier molecular flexibility index (Phi) is 3.93. The summed E-state index contributed by atoms with van der Waals surface area (Å²) in [6.07, 6.45) is 0. The number of benzene rings is 1. The number of aryl methyl sites for hydroxylation is 2. The van der Waals surface area contributed by atoms with Crippen LogP contribution in [0.1, 0.15) is 25.0 Å². The number of rotatable bonds is 4. The van der Waals surface area contributed by atoms with Gasteiger partial charge in [-0.1, -0.05) is 6.07 Å². The fourth-order valence-corrected chi connectivity index (χ4v) is 1.43. The molecule has 3 heteroatoms. The van der Waals surface area contributed by atoms with Crippen LogP contribution in [0.5, 0.6) is 0 Å². The van der Waals surface area contributed by atoms with Crippen LogP contribution >= 0.6 is 0 Å². The number of anilines is 1. The molecule has 0 spiro atoms. The van der Waals surface area contributed by atoms with Gasteiger partial charge in [-0.25, -0.2) is 0 Å². The Balaban J connectivity index is 2.73. The zero-order chi connectivity index (χ0) is 12.3. The molecule has 1 rings (SSSR count). The molecular weight excluding hydrogens is 202 g/mol. The van der Waals surface area contributed by atoms with Crippen molar-refractivity contribution >= 4 is 11.7 Å². The van der Waals surface area contributed by atoms with Crippen LogP contribution in [-0.4, -0.2) is 17.1 Å². The van der Waals surface area contributed by atoms with Crippen LogP contribution in [0.3, 0.4) is 0 Å². The van der Waals surface area contributed by atoms with Gasteiger partial charge in [0.1, 0.15) is 0 Å². The summed E-state index contributed by atoms with van der Waals surface area (Å²) >= 11 is 0. The van der Waals surface area contributed by atoms with Crippen molar-refractivity contribution in [2.24, 2.45) is 5.92 Å². The average molecular weight is 221 g/mol. The Labute approximate surface area is 96.5 Å². The third-order valence-electron chi connectivity index (χ3n) is 3.04. The van der Waals surface area contributed by atoms with E-state index in [4.69, 9.17) is 5.11 Å². The quantitative estimate of drug-likeness (QED) is 0.822. The lowest BCUT2D eigenvalue weighted by molar-refractivity contribution is -0.141. The van der Waals surface area contributed by atoms with E-state index in [-0.39, 0.29) is 6.04 Å². The summed E-state index contributed by atoms with van der Waals surface area (Å²) in [6, 6.07) is 5.98. The SMILES string of the molecule is Cc1ccc(NC(C)C(C)C(=O)O)cc1C. The second-order valence-electron chi connectivity index (χ2n) is 4.36.